The molecule has 1 saturated carbocycles. The fraction of sp³-hybridized carbons (Fsp3) is 0.269. The highest BCUT2D eigenvalue weighted by Gasteiger charge is 2.34. The van der Waals surface area contributed by atoms with Crippen molar-refractivity contribution in [3.05, 3.63) is 88.4 Å². The molecule has 1 heterocycles. The maximum absolute atomic E-state index is 14.2. The van der Waals surface area contributed by atoms with Crippen LogP contribution in [0.5, 0.6) is 0 Å². The van der Waals surface area contributed by atoms with Gasteiger partial charge in [0.05, 0.1) is 11.4 Å². The molecule has 8 heteroatoms. The summed E-state index contributed by atoms with van der Waals surface area (Å²) < 4.78 is 14.2. The molecule has 1 aliphatic rings. The maximum Gasteiger partial charge on any atom is 0.261 e. The molecule has 3 aromatic rings. The lowest BCUT2D eigenvalue weighted by Gasteiger charge is -2.32. The number of rotatable bonds is 8. The molecule has 0 spiro atoms. The molecule has 0 unspecified atom stereocenters. The second kappa shape index (κ2) is 11.1. The number of hydrogen-bond acceptors (Lipinski definition) is 4. The molecule has 0 aliphatic heterocycles. The van der Waals surface area contributed by atoms with Crippen LogP contribution in [0.4, 0.5) is 10.1 Å². The van der Waals surface area contributed by atoms with Crippen molar-refractivity contribution in [2.75, 3.05) is 11.4 Å². The summed E-state index contributed by atoms with van der Waals surface area (Å²) in [6.45, 7) is -0.340. The SMILES string of the molecule is O=C(NCC(=O)N(c1cccc(F)c1)[C@@H](C(=O)NC1CCCC1)c1ccccc1)c1cccs1. The summed E-state index contributed by atoms with van der Waals surface area (Å²) in [5, 5.41) is 7.47. The van der Waals surface area contributed by atoms with E-state index in [-0.39, 0.29) is 30.1 Å². The second-order valence-electron chi connectivity index (χ2n) is 8.21. The zero-order valence-electron chi connectivity index (χ0n) is 18.6. The summed E-state index contributed by atoms with van der Waals surface area (Å²) >= 11 is 1.26. The minimum Gasteiger partial charge on any atom is -0.351 e. The first-order valence-electron chi connectivity index (χ1n) is 11.3. The van der Waals surface area contributed by atoms with Gasteiger partial charge in [-0.15, -0.1) is 11.3 Å². The van der Waals surface area contributed by atoms with Crippen molar-refractivity contribution in [3.8, 4) is 0 Å². The van der Waals surface area contributed by atoms with Crippen LogP contribution in [0.15, 0.2) is 72.1 Å². The zero-order chi connectivity index (χ0) is 23.9. The number of nitrogens with one attached hydrogen (secondary N) is 2. The molecule has 1 fully saturated rings. The summed E-state index contributed by atoms with van der Waals surface area (Å²) in [5.41, 5.74) is 0.839. The predicted molar refractivity (Wildman–Crippen MR) is 130 cm³/mol. The Labute approximate surface area is 201 Å². The highest BCUT2D eigenvalue weighted by molar-refractivity contribution is 7.12. The van der Waals surface area contributed by atoms with Gasteiger partial charge < -0.3 is 10.6 Å². The molecule has 0 bridgehead atoms. The number of hydrogen-bond donors (Lipinski definition) is 2. The second-order valence-corrected chi connectivity index (χ2v) is 9.15. The fourth-order valence-electron chi connectivity index (χ4n) is 4.20. The van der Waals surface area contributed by atoms with Gasteiger partial charge in [0, 0.05) is 11.7 Å². The van der Waals surface area contributed by atoms with Crippen molar-refractivity contribution in [3.63, 3.8) is 0 Å². The number of halogens is 1. The van der Waals surface area contributed by atoms with Crippen LogP contribution in [0.1, 0.15) is 47.0 Å². The minimum atomic E-state index is -1.02. The largest absolute Gasteiger partial charge is 0.351 e. The molecule has 3 amide bonds. The number of benzene rings is 2. The third kappa shape index (κ3) is 5.69. The van der Waals surface area contributed by atoms with Gasteiger partial charge in [0.15, 0.2) is 0 Å². The summed E-state index contributed by atoms with van der Waals surface area (Å²) in [5.74, 6) is -1.76. The van der Waals surface area contributed by atoms with Gasteiger partial charge in [-0.2, -0.15) is 0 Å². The van der Waals surface area contributed by atoms with Crippen molar-refractivity contribution in [1.82, 2.24) is 10.6 Å². The zero-order valence-corrected chi connectivity index (χ0v) is 19.4. The predicted octanol–water partition coefficient (Wildman–Crippen LogP) is 4.45. The average Bonchev–Trinajstić information content (AvgIpc) is 3.56. The van der Waals surface area contributed by atoms with E-state index in [9.17, 15) is 18.8 Å². The lowest BCUT2D eigenvalue weighted by molar-refractivity contribution is -0.126. The molecule has 0 saturated heterocycles. The van der Waals surface area contributed by atoms with E-state index in [1.165, 1.54) is 34.4 Å². The third-order valence-electron chi connectivity index (χ3n) is 5.82. The van der Waals surface area contributed by atoms with Gasteiger partial charge in [-0.05, 0) is 48.1 Å². The third-order valence-corrected chi connectivity index (χ3v) is 6.69. The summed E-state index contributed by atoms with van der Waals surface area (Å²) in [6.07, 6.45) is 3.86. The van der Waals surface area contributed by atoms with Gasteiger partial charge in [0.1, 0.15) is 11.9 Å². The van der Waals surface area contributed by atoms with Gasteiger partial charge in [-0.3, -0.25) is 19.3 Å². The number of amides is 3. The van der Waals surface area contributed by atoms with E-state index < -0.39 is 17.8 Å². The highest BCUT2D eigenvalue weighted by Crippen LogP contribution is 2.29. The smallest absolute Gasteiger partial charge is 0.261 e. The lowest BCUT2D eigenvalue weighted by Crippen LogP contribution is -2.49. The van der Waals surface area contributed by atoms with Crippen LogP contribution < -0.4 is 15.5 Å². The molecule has 1 aliphatic carbocycles. The number of anilines is 1. The van der Waals surface area contributed by atoms with Crippen LogP contribution >= 0.6 is 11.3 Å². The molecule has 1 atom stereocenters. The Hall–Kier alpha value is -3.52. The van der Waals surface area contributed by atoms with Crippen molar-refractivity contribution in [2.24, 2.45) is 0 Å². The quantitative estimate of drug-likeness (QED) is 0.501. The van der Waals surface area contributed by atoms with Crippen molar-refractivity contribution in [1.29, 1.82) is 0 Å². The highest BCUT2D eigenvalue weighted by atomic mass is 32.1. The van der Waals surface area contributed by atoms with Crippen molar-refractivity contribution < 1.29 is 18.8 Å². The van der Waals surface area contributed by atoms with Crippen molar-refractivity contribution in [2.45, 2.75) is 37.8 Å². The van der Waals surface area contributed by atoms with E-state index in [0.29, 0.717) is 10.4 Å². The van der Waals surface area contributed by atoms with Crippen LogP contribution in [-0.4, -0.2) is 30.3 Å². The summed E-state index contributed by atoms with van der Waals surface area (Å²) in [7, 11) is 0. The van der Waals surface area contributed by atoms with Crippen LogP contribution in [0.25, 0.3) is 0 Å². The number of thiophene rings is 1. The minimum absolute atomic E-state index is 0.0432. The lowest BCUT2D eigenvalue weighted by atomic mass is 10.0. The molecule has 1 aromatic heterocycles. The molecule has 0 radical (unpaired) electrons. The number of carbonyl (C=O) groups is 3. The van der Waals surface area contributed by atoms with E-state index in [2.05, 4.69) is 10.6 Å². The number of carbonyl (C=O) groups excluding carboxylic acids is 3. The molecule has 2 aromatic carbocycles. The Morgan fingerprint density at radius 1 is 1.00 bits per heavy atom. The molecule has 176 valence electrons. The molecular weight excluding hydrogens is 453 g/mol. The average molecular weight is 480 g/mol. The van der Waals surface area contributed by atoms with Crippen LogP contribution in [-0.2, 0) is 9.59 Å². The monoisotopic (exact) mass is 479 g/mol. The van der Waals surface area contributed by atoms with Gasteiger partial charge in [0.2, 0.25) is 11.8 Å². The van der Waals surface area contributed by atoms with E-state index in [1.54, 1.807) is 47.8 Å². The van der Waals surface area contributed by atoms with Crippen molar-refractivity contribution >= 4 is 34.7 Å². The topological polar surface area (TPSA) is 78.5 Å². The van der Waals surface area contributed by atoms with Crippen LogP contribution in [0.2, 0.25) is 0 Å². The Bertz CT molecular complexity index is 1130. The first-order chi connectivity index (χ1) is 16.5. The van der Waals surface area contributed by atoms with E-state index in [1.807, 2.05) is 6.07 Å². The Balaban J connectivity index is 1.66. The van der Waals surface area contributed by atoms with Gasteiger partial charge >= 0.3 is 0 Å². The normalized spacial score (nSPS) is 14.4. The molecule has 4 rings (SSSR count). The molecule has 34 heavy (non-hydrogen) atoms. The summed E-state index contributed by atoms with van der Waals surface area (Å²) in [6, 6.07) is 16.9. The summed E-state index contributed by atoms with van der Waals surface area (Å²) in [4.78, 5) is 41.2. The standard InChI is InChI=1S/C26H26FN3O3S/c27-19-10-6-13-21(16-19)30(23(31)17-28-25(32)22-14-7-15-34-22)24(18-8-2-1-3-9-18)26(33)29-20-11-4-5-12-20/h1-3,6-10,13-16,20,24H,4-5,11-12,17H2,(H,28,32)(H,29,33)/t24-/m1/s1. The maximum atomic E-state index is 14.2. The number of nitrogens with zero attached hydrogens (tertiary/aromatic N) is 1. The van der Waals surface area contributed by atoms with Gasteiger partial charge in [0.25, 0.3) is 5.91 Å². The molecule has 2 N–H and O–H groups in total. The van der Waals surface area contributed by atoms with Gasteiger partial charge in [-0.1, -0.05) is 55.3 Å². The Morgan fingerprint density at radius 3 is 2.44 bits per heavy atom. The molecular formula is C26H26FN3O3S. The first kappa shape index (κ1) is 23.6. The van der Waals surface area contributed by atoms with Crippen LogP contribution in [0.3, 0.4) is 0 Å². The van der Waals surface area contributed by atoms with E-state index in [0.717, 1.165) is 25.7 Å². The molecule has 6 nitrogen and oxygen atoms in total. The van der Waals surface area contributed by atoms with E-state index >= 15 is 0 Å². The Kier molecular flexibility index (Phi) is 7.69. The van der Waals surface area contributed by atoms with E-state index in [4.69, 9.17) is 0 Å². The fourth-order valence-corrected chi connectivity index (χ4v) is 4.84. The van der Waals surface area contributed by atoms with Crippen LogP contribution in [0, 0.1) is 5.82 Å². The van der Waals surface area contributed by atoms with Gasteiger partial charge in [-0.25, -0.2) is 4.39 Å². The first-order valence-corrected chi connectivity index (χ1v) is 12.2. The Morgan fingerprint density at radius 2 is 1.76 bits per heavy atom.